The van der Waals surface area contributed by atoms with Gasteiger partial charge in [-0.25, -0.2) is 4.79 Å². The molecule has 0 atom stereocenters. The molecule has 0 radical (unpaired) electrons. The quantitative estimate of drug-likeness (QED) is 0.285. The monoisotopic (exact) mass is 209 g/mol. The fourth-order valence-corrected chi connectivity index (χ4v) is 1.04. The van der Waals surface area contributed by atoms with Crippen LogP contribution >= 0.6 is 0 Å². The minimum atomic E-state index is -0.738. The van der Waals surface area contributed by atoms with E-state index in [2.05, 4.69) is 9.47 Å². The molecule has 0 bridgehead atoms. The molecule has 1 aromatic heterocycles. The third-order valence-electron chi connectivity index (χ3n) is 1.73. The lowest BCUT2D eigenvalue weighted by Crippen LogP contribution is -2.39. The van der Waals surface area contributed by atoms with Crippen LogP contribution in [-0.4, -0.2) is 20.2 Å². The Morgan fingerprint density at radius 1 is 1.13 bits per heavy atom. The van der Waals surface area contributed by atoms with Gasteiger partial charge >= 0.3 is 11.7 Å². The topological polar surface area (TPSA) is 62.5 Å². The Morgan fingerprint density at radius 2 is 1.73 bits per heavy atom. The Morgan fingerprint density at radius 3 is 2.20 bits per heavy atom. The van der Waals surface area contributed by atoms with Gasteiger partial charge in [0, 0.05) is 12.1 Å². The maximum absolute atomic E-state index is 11.3. The van der Waals surface area contributed by atoms with Crippen molar-refractivity contribution >= 4 is 11.7 Å². The maximum atomic E-state index is 11.3. The van der Waals surface area contributed by atoms with Gasteiger partial charge in [0.1, 0.15) is 5.95 Å². The molecule has 0 saturated heterocycles. The number of carbonyl (C=O) groups excluding carboxylic acids is 1. The second-order valence-electron chi connectivity index (χ2n) is 2.61. The van der Waals surface area contributed by atoms with E-state index in [9.17, 15) is 9.90 Å². The zero-order valence-electron chi connectivity index (χ0n) is 8.47. The number of methoxy groups -OCH3 is 2. The fourth-order valence-electron chi connectivity index (χ4n) is 1.04. The number of hydrogen-bond donors (Lipinski definition) is 0. The number of carbonyl (C=O) groups is 1. The first kappa shape index (κ1) is 11.0. The standard InChI is InChI=1S/C10H11NO4/c1-14-9(12)8(10(13)15-2)11-6-4-3-5-7-11/h3-7H,1-2H3. The summed E-state index contributed by atoms with van der Waals surface area (Å²) in [4.78, 5) is 11.3. The molecule has 0 unspecified atom stereocenters. The van der Waals surface area contributed by atoms with Crippen molar-refractivity contribution in [2.45, 2.75) is 0 Å². The van der Waals surface area contributed by atoms with Gasteiger partial charge in [-0.2, -0.15) is 4.57 Å². The number of nitrogens with zero attached hydrogens (tertiary/aromatic N) is 1. The lowest BCUT2D eigenvalue weighted by Gasteiger charge is -2.09. The predicted octanol–water partition coefficient (Wildman–Crippen LogP) is -0.720. The van der Waals surface area contributed by atoms with Crippen LogP contribution in [-0.2, 0) is 14.3 Å². The number of rotatable bonds is 3. The Balaban J connectivity index is 3.20. The van der Waals surface area contributed by atoms with Crippen molar-refractivity contribution < 1.29 is 23.9 Å². The van der Waals surface area contributed by atoms with Gasteiger partial charge in [-0.3, -0.25) is 0 Å². The predicted molar refractivity (Wildman–Crippen MR) is 48.9 cm³/mol. The number of hydrogen-bond acceptors (Lipinski definition) is 4. The van der Waals surface area contributed by atoms with Crippen molar-refractivity contribution in [2.24, 2.45) is 0 Å². The van der Waals surface area contributed by atoms with Gasteiger partial charge in [-0.1, -0.05) is 6.07 Å². The Labute approximate surface area is 87.2 Å². The van der Waals surface area contributed by atoms with E-state index in [0.29, 0.717) is 0 Å². The summed E-state index contributed by atoms with van der Waals surface area (Å²) in [5.41, 5.74) is -0.180. The van der Waals surface area contributed by atoms with Gasteiger partial charge in [0.25, 0.3) is 0 Å². The molecule has 5 heteroatoms. The van der Waals surface area contributed by atoms with Crippen LogP contribution < -0.4 is 9.67 Å². The van der Waals surface area contributed by atoms with Crippen molar-refractivity contribution in [2.75, 3.05) is 14.2 Å². The molecule has 80 valence electrons. The average molecular weight is 209 g/mol. The van der Waals surface area contributed by atoms with Gasteiger partial charge in [0.05, 0.1) is 7.11 Å². The first-order chi connectivity index (χ1) is 7.20. The highest BCUT2D eigenvalue weighted by Gasteiger charge is 2.22. The molecule has 1 heterocycles. The van der Waals surface area contributed by atoms with Crippen molar-refractivity contribution in [3.05, 3.63) is 36.5 Å². The van der Waals surface area contributed by atoms with E-state index in [1.54, 1.807) is 30.6 Å². The summed E-state index contributed by atoms with van der Waals surface area (Å²) in [6, 6.07) is 5.14. The SMILES string of the molecule is COC(=O)/C(=C(/[O-])OC)[n+]1ccccc1. The van der Waals surface area contributed by atoms with Gasteiger partial charge in [0.2, 0.25) is 0 Å². The highest BCUT2D eigenvalue weighted by molar-refractivity contribution is 6.05. The van der Waals surface area contributed by atoms with Crippen LogP contribution in [0, 0.1) is 0 Å². The summed E-state index contributed by atoms with van der Waals surface area (Å²) in [5, 5.41) is 11.3. The molecule has 0 spiro atoms. The lowest BCUT2D eigenvalue weighted by molar-refractivity contribution is -0.586. The van der Waals surface area contributed by atoms with E-state index in [1.165, 1.54) is 18.8 Å². The number of pyridine rings is 1. The number of aromatic nitrogens is 1. The van der Waals surface area contributed by atoms with Crippen molar-refractivity contribution in [3.8, 4) is 0 Å². The highest BCUT2D eigenvalue weighted by atomic mass is 16.6. The maximum Gasteiger partial charge on any atom is 0.405 e. The van der Waals surface area contributed by atoms with Crippen LogP contribution in [0.25, 0.3) is 5.70 Å². The van der Waals surface area contributed by atoms with E-state index in [-0.39, 0.29) is 5.70 Å². The van der Waals surface area contributed by atoms with E-state index in [4.69, 9.17) is 0 Å². The van der Waals surface area contributed by atoms with Crippen molar-refractivity contribution in [1.82, 2.24) is 0 Å². The van der Waals surface area contributed by atoms with Crippen molar-refractivity contribution in [1.29, 1.82) is 0 Å². The Hall–Kier alpha value is -2.04. The van der Waals surface area contributed by atoms with Gasteiger partial charge < -0.3 is 14.6 Å². The summed E-state index contributed by atoms with van der Waals surface area (Å²) in [6.45, 7) is 0. The first-order valence-corrected chi connectivity index (χ1v) is 4.21. The zero-order valence-corrected chi connectivity index (χ0v) is 8.47. The molecule has 1 aromatic rings. The molecular weight excluding hydrogens is 198 g/mol. The number of ether oxygens (including phenoxy) is 2. The molecule has 0 saturated carbocycles. The Kier molecular flexibility index (Phi) is 3.68. The van der Waals surface area contributed by atoms with E-state index < -0.39 is 11.9 Å². The molecule has 0 amide bonds. The van der Waals surface area contributed by atoms with E-state index >= 15 is 0 Å². The molecule has 0 aromatic carbocycles. The van der Waals surface area contributed by atoms with Gasteiger partial charge in [-0.05, 0) is 7.11 Å². The third kappa shape index (κ3) is 2.46. The number of esters is 1. The van der Waals surface area contributed by atoms with Crippen LogP contribution in [0.15, 0.2) is 36.5 Å². The largest absolute Gasteiger partial charge is 0.612 e. The summed E-state index contributed by atoms with van der Waals surface area (Å²) in [7, 11) is 2.41. The molecule has 0 aliphatic rings. The summed E-state index contributed by atoms with van der Waals surface area (Å²) >= 11 is 0. The molecule has 0 N–H and O–H groups in total. The van der Waals surface area contributed by atoms with Crippen LogP contribution in [0.2, 0.25) is 0 Å². The molecule has 0 fully saturated rings. The van der Waals surface area contributed by atoms with E-state index in [1.807, 2.05) is 0 Å². The summed E-state index contributed by atoms with van der Waals surface area (Å²) in [6.07, 6.45) is 3.12. The van der Waals surface area contributed by atoms with Gasteiger partial charge in [-0.15, -0.1) is 0 Å². The highest BCUT2D eigenvalue weighted by Crippen LogP contribution is 2.01. The van der Waals surface area contributed by atoms with Crippen LogP contribution in [0.1, 0.15) is 0 Å². The minimum absolute atomic E-state index is 0.180. The lowest BCUT2D eigenvalue weighted by atomic mass is 10.4. The molecule has 15 heavy (non-hydrogen) atoms. The molecule has 5 nitrogen and oxygen atoms in total. The van der Waals surface area contributed by atoms with Crippen LogP contribution in [0.3, 0.4) is 0 Å². The zero-order chi connectivity index (χ0) is 11.3. The normalized spacial score (nSPS) is 11.6. The van der Waals surface area contributed by atoms with E-state index in [0.717, 1.165) is 0 Å². The average Bonchev–Trinajstić information content (AvgIpc) is 2.30. The molecular formula is C10H11NO4. The smallest absolute Gasteiger partial charge is 0.405 e. The van der Waals surface area contributed by atoms with Gasteiger partial charge in [0.15, 0.2) is 12.4 Å². The fraction of sp³-hybridized carbons (Fsp3) is 0.200. The summed E-state index contributed by atoms with van der Waals surface area (Å²) in [5.74, 6) is -1.48. The molecule has 1 rings (SSSR count). The van der Waals surface area contributed by atoms with Crippen molar-refractivity contribution in [3.63, 3.8) is 0 Å². The first-order valence-electron chi connectivity index (χ1n) is 4.21. The second kappa shape index (κ2) is 4.99. The van der Waals surface area contributed by atoms with Crippen LogP contribution in [0.5, 0.6) is 0 Å². The molecule has 0 aliphatic carbocycles. The Bertz CT molecular complexity index is 372. The molecule has 0 aliphatic heterocycles. The summed E-state index contributed by atoms with van der Waals surface area (Å²) < 4.78 is 10.3. The minimum Gasteiger partial charge on any atom is -0.612 e. The third-order valence-corrected chi connectivity index (χ3v) is 1.73. The second-order valence-corrected chi connectivity index (χ2v) is 2.61. The van der Waals surface area contributed by atoms with Crippen LogP contribution in [0.4, 0.5) is 0 Å².